The lowest BCUT2D eigenvalue weighted by molar-refractivity contribution is 0.266. The first-order valence-corrected chi connectivity index (χ1v) is 5.61. The molecule has 1 aromatic rings. The zero-order valence-electron chi connectivity index (χ0n) is 10.5. The van der Waals surface area contributed by atoms with Gasteiger partial charge in [-0.25, -0.2) is 0 Å². The average Bonchev–Trinajstić information content (AvgIpc) is 2.25. The van der Waals surface area contributed by atoms with E-state index in [4.69, 9.17) is 15.2 Å². The largest absolute Gasteiger partial charge is 0.497 e. The second kappa shape index (κ2) is 5.75. The molecule has 3 nitrogen and oxygen atoms in total. The number of hydrogen-bond acceptors (Lipinski definition) is 3. The van der Waals surface area contributed by atoms with Crippen LogP contribution in [0.4, 0.5) is 0 Å². The molecule has 0 unspecified atom stereocenters. The fraction of sp³-hybridized carbons (Fsp3) is 0.538. The summed E-state index contributed by atoms with van der Waals surface area (Å²) in [7, 11) is 1.65. The number of rotatable bonds is 5. The lowest BCUT2D eigenvalue weighted by atomic mass is 10.1. The van der Waals surface area contributed by atoms with Crippen LogP contribution in [-0.4, -0.2) is 13.7 Å². The first-order valence-electron chi connectivity index (χ1n) is 5.61. The first-order chi connectivity index (χ1) is 7.54. The Morgan fingerprint density at radius 3 is 2.44 bits per heavy atom. The van der Waals surface area contributed by atoms with E-state index in [2.05, 4.69) is 13.8 Å². The molecule has 0 amide bonds. The van der Waals surface area contributed by atoms with Crippen LogP contribution >= 0.6 is 0 Å². The molecule has 0 radical (unpaired) electrons. The van der Waals surface area contributed by atoms with Gasteiger partial charge in [-0.05, 0) is 18.9 Å². The van der Waals surface area contributed by atoms with Crippen molar-refractivity contribution in [3.8, 4) is 11.5 Å². The van der Waals surface area contributed by atoms with E-state index in [0.717, 1.165) is 17.1 Å². The van der Waals surface area contributed by atoms with Crippen molar-refractivity contribution in [3.05, 3.63) is 23.8 Å². The first kappa shape index (κ1) is 12.8. The number of hydrogen-bond donors (Lipinski definition) is 1. The van der Waals surface area contributed by atoms with Gasteiger partial charge in [0.25, 0.3) is 0 Å². The number of benzene rings is 1. The molecule has 0 aliphatic heterocycles. The van der Waals surface area contributed by atoms with Gasteiger partial charge in [-0.1, -0.05) is 19.9 Å². The molecular formula is C13H21NO2. The van der Waals surface area contributed by atoms with E-state index in [0.29, 0.717) is 12.5 Å². The van der Waals surface area contributed by atoms with Crippen LogP contribution in [0.15, 0.2) is 18.2 Å². The molecule has 3 heteroatoms. The van der Waals surface area contributed by atoms with Crippen LogP contribution in [-0.2, 0) is 0 Å². The van der Waals surface area contributed by atoms with E-state index in [1.807, 2.05) is 25.1 Å². The monoisotopic (exact) mass is 223 g/mol. The highest BCUT2D eigenvalue weighted by Gasteiger charge is 2.10. The van der Waals surface area contributed by atoms with Crippen LogP contribution in [0.1, 0.15) is 32.4 Å². The zero-order chi connectivity index (χ0) is 12.1. The van der Waals surface area contributed by atoms with E-state index in [1.54, 1.807) is 7.11 Å². The Morgan fingerprint density at radius 2 is 1.94 bits per heavy atom. The van der Waals surface area contributed by atoms with Gasteiger partial charge in [0.05, 0.1) is 13.7 Å². The Morgan fingerprint density at radius 1 is 1.25 bits per heavy atom. The highest BCUT2D eigenvalue weighted by molar-refractivity contribution is 5.42. The predicted molar refractivity (Wildman–Crippen MR) is 65.9 cm³/mol. The van der Waals surface area contributed by atoms with Gasteiger partial charge in [0.1, 0.15) is 11.5 Å². The average molecular weight is 223 g/mol. The third kappa shape index (κ3) is 3.42. The molecule has 0 heterocycles. The minimum absolute atomic E-state index is 0.0342. The summed E-state index contributed by atoms with van der Waals surface area (Å²) in [5.74, 6) is 2.11. The third-order valence-electron chi connectivity index (χ3n) is 2.28. The van der Waals surface area contributed by atoms with Crippen molar-refractivity contribution in [2.75, 3.05) is 13.7 Å². The summed E-state index contributed by atoms with van der Waals surface area (Å²) in [6.07, 6.45) is 0. The van der Waals surface area contributed by atoms with Crippen molar-refractivity contribution in [1.82, 2.24) is 0 Å². The minimum Gasteiger partial charge on any atom is -0.497 e. The van der Waals surface area contributed by atoms with Gasteiger partial charge in [-0.2, -0.15) is 0 Å². The van der Waals surface area contributed by atoms with Crippen LogP contribution in [0.25, 0.3) is 0 Å². The van der Waals surface area contributed by atoms with Gasteiger partial charge in [-0.3, -0.25) is 0 Å². The normalized spacial score (nSPS) is 12.6. The van der Waals surface area contributed by atoms with Gasteiger partial charge < -0.3 is 15.2 Å². The fourth-order valence-electron chi connectivity index (χ4n) is 1.40. The van der Waals surface area contributed by atoms with Crippen LogP contribution in [0.2, 0.25) is 0 Å². The molecule has 2 N–H and O–H groups in total. The molecule has 0 aromatic heterocycles. The molecule has 1 rings (SSSR count). The quantitative estimate of drug-likeness (QED) is 0.834. The lowest BCUT2D eigenvalue weighted by Crippen LogP contribution is -2.11. The second-order valence-electron chi connectivity index (χ2n) is 4.40. The van der Waals surface area contributed by atoms with Crippen molar-refractivity contribution in [3.63, 3.8) is 0 Å². The van der Waals surface area contributed by atoms with Gasteiger partial charge in [0.15, 0.2) is 0 Å². The molecule has 90 valence electrons. The summed E-state index contributed by atoms with van der Waals surface area (Å²) < 4.78 is 10.9. The molecule has 0 spiro atoms. The Bertz CT molecular complexity index is 335. The lowest BCUT2D eigenvalue weighted by Gasteiger charge is -2.16. The van der Waals surface area contributed by atoms with Gasteiger partial charge >= 0.3 is 0 Å². The van der Waals surface area contributed by atoms with Crippen LogP contribution in [0.5, 0.6) is 11.5 Å². The molecule has 0 fully saturated rings. The molecule has 0 aliphatic carbocycles. The smallest absolute Gasteiger partial charge is 0.127 e. The molecular weight excluding hydrogens is 202 g/mol. The summed E-state index contributed by atoms with van der Waals surface area (Å²) >= 11 is 0. The minimum atomic E-state index is -0.0342. The van der Waals surface area contributed by atoms with E-state index in [9.17, 15) is 0 Å². The van der Waals surface area contributed by atoms with E-state index >= 15 is 0 Å². The van der Waals surface area contributed by atoms with Crippen molar-refractivity contribution < 1.29 is 9.47 Å². The summed E-state index contributed by atoms with van der Waals surface area (Å²) in [5, 5.41) is 0. The number of methoxy groups -OCH3 is 1. The van der Waals surface area contributed by atoms with Crippen molar-refractivity contribution >= 4 is 0 Å². The van der Waals surface area contributed by atoms with Crippen LogP contribution in [0, 0.1) is 5.92 Å². The second-order valence-corrected chi connectivity index (χ2v) is 4.40. The Labute approximate surface area is 97.6 Å². The Balaban J connectivity index is 2.91. The molecule has 1 atom stereocenters. The molecule has 1 aromatic carbocycles. The summed E-state index contributed by atoms with van der Waals surface area (Å²) in [5.41, 5.74) is 6.91. The molecule has 0 bridgehead atoms. The Kier molecular flexibility index (Phi) is 4.62. The topological polar surface area (TPSA) is 44.5 Å². The van der Waals surface area contributed by atoms with E-state index < -0.39 is 0 Å². The highest BCUT2D eigenvalue weighted by atomic mass is 16.5. The standard InChI is InChI=1S/C13H21NO2/c1-9(2)8-16-13-7-11(15-4)5-6-12(13)10(3)14/h5-7,9-10H,8,14H2,1-4H3/t10-/m1/s1. The summed E-state index contributed by atoms with van der Waals surface area (Å²) in [6.45, 7) is 6.87. The molecule has 16 heavy (non-hydrogen) atoms. The van der Waals surface area contributed by atoms with Gasteiger partial charge in [0, 0.05) is 17.7 Å². The van der Waals surface area contributed by atoms with Gasteiger partial charge in [-0.15, -0.1) is 0 Å². The summed E-state index contributed by atoms with van der Waals surface area (Å²) in [4.78, 5) is 0. The van der Waals surface area contributed by atoms with Gasteiger partial charge in [0.2, 0.25) is 0 Å². The number of ether oxygens (including phenoxy) is 2. The van der Waals surface area contributed by atoms with Crippen LogP contribution in [0.3, 0.4) is 0 Å². The summed E-state index contributed by atoms with van der Waals surface area (Å²) in [6, 6.07) is 5.72. The third-order valence-corrected chi connectivity index (χ3v) is 2.28. The highest BCUT2D eigenvalue weighted by Crippen LogP contribution is 2.28. The Hall–Kier alpha value is -1.22. The van der Waals surface area contributed by atoms with E-state index in [-0.39, 0.29) is 6.04 Å². The van der Waals surface area contributed by atoms with Crippen molar-refractivity contribution in [2.45, 2.75) is 26.8 Å². The maximum Gasteiger partial charge on any atom is 0.127 e. The van der Waals surface area contributed by atoms with Crippen molar-refractivity contribution in [1.29, 1.82) is 0 Å². The molecule has 0 saturated carbocycles. The maximum atomic E-state index is 5.89. The van der Waals surface area contributed by atoms with Crippen LogP contribution < -0.4 is 15.2 Å². The molecule has 0 saturated heterocycles. The SMILES string of the molecule is COc1ccc([C@@H](C)N)c(OCC(C)C)c1. The molecule has 0 aliphatic rings. The zero-order valence-corrected chi connectivity index (χ0v) is 10.5. The predicted octanol–water partition coefficient (Wildman–Crippen LogP) is 2.75. The fourth-order valence-corrected chi connectivity index (χ4v) is 1.40. The number of nitrogens with two attached hydrogens (primary N) is 1. The van der Waals surface area contributed by atoms with E-state index in [1.165, 1.54) is 0 Å². The van der Waals surface area contributed by atoms with Crippen molar-refractivity contribution in [2.24, 2.45) is 11.7 Å². The maximum absolute atomic E-state index is 5.89.